The molecule has 0 saturated carbocycles. The molecule has 3 nitrogen and oxygen atoms in total. The molecule has 8 heteroatoms. The molecule has 0 saturated heterocycles. The number of halogens is 2. The number of rotatable bonds is 2. The van der Waals surface area contributed by atoms with Gasteiger partial charge >= 0.3 is 0 Å². The zero-order valence-corrected chi connectivity index (χ0v) is 12.0. The summed E-state index contributed by atoms with van der Waals surface area (Å²) in [6, 6.07) is 5.70. The van der Waals surface area contributed by atoms with E-state index < -0.39 is 14.6 Å². The maximum absolute atomic E-state index is 12.1. The van der Waals surface area contributed by atoms with Gasteiger partial charge in [0.25, 0.3) is 4.74 Å². The van der Waals surface area contributed by atoms with Crippen molar-refractivity contribution in [2.75, 3.05) is 0 Å². The quantitative estimate of drug-likeness (QED) is 0.795. The van der Waals surface area contributed by atoms with Gasteiger partial charge in [-0.2, -0.15) is 0 Å². The van der Waals surface area contributed by atoms with Crippen LogP contribution < -0.4 is 4.74 Å². The van der Waals surface area contributed by atoms with Crippen LogP contribution in [0.4, 0.5) is 0 Å². The summed E-state index contributed by atoms with van der Waals surface area (Å²) in [6.07, 6.45) is 0. The minimum absolute atomic E-state index is 0.0675. The molecular formula is C9H4Cl2O3S3. The fraction of sp³-hybridized carbons (Fsp3) is 0. The van der Waals surface area contributed by atoms with Gasteiger partial charge < -0.3 is 0 Å². The highest BCUT2D eigenvalue weighted by Gasteiger charge is 2.24. The van der Waals surface area contributed by atoms with Crippen molar-refractivity contribution < 1.29 is 8.42 Å². The van der Waals surface area contributed by atoms with Crippen LogP contribution in [0.1, 0.15) is 0 Å². The van der Waals surface area contributed by atoms with Crippen molar-refractivity contribution in [3.63, 3.8) is 0 Å². The Hall–Kier alpha value is -0.400. The Bertz CT molecular complexity index is 698. The first kappa shape index (κ1) is 13.0. The molecule has 90 valence electrons. The zero-order chi connectivity index (χ0) is 12.6. The van der Waals surface area contributed by atoms with E-state index in [1.54, 1.807) is 0 Å². The van der Waals surface area contributed by atoms with Crippen LogP contribution in [0.25, 0.3) is 0 Å². The molecule has 0 atom stereocenters. The Morgan fingerprint density at radius 2 is 1.59 bits per heavy atom. The highest BCUT2D eigenvalue weighted by molar-refractivity contribution is 7.95. The van der Waals surface area contributed by atoms with Gasteiger partial charge in [-0.1, -0.05) is 33.5 Å². The summed E-state index contributed by atoms with van der Waals surface area (Å²) >= 11 is 11.4. The first-order chi connectivity index (χ1) is 7.93. The van der Waals surface area contributed by atoms with E-state index in [1.807, 2.05) is 0 Å². The van der Waals surface area contributed by atoms with E-state index in [9.17, 15) is 13.2 Å². The third-order valence-electron chi connectivity index (χ3n) is 1.92. The molecule has 1 aromatic heterocycles. The lowest BCUT2D eigenvalue weighted by atomic mass is 10.4. The average molecular weight is 327 g/mol. The van der Waals surface area contributed by atoms with Crippen molar-refractivity contribution in [3.05, 3.63) is 43.8 Å². The van der Waals surface area contributed by atoms with Crippen LogP contribution in [0.5, 0.6) is 0 Å². The summed E-state index contributed by atoms with van der Waals surface area (Å²) in [4.78, 5) is 11.3. The van der Waals surface area contributed by atoms with Gasteiger partial charge in [-0.3, -0.25) is 4.79 Å². The van der Waals surface area contributed by atoms with E-state index in [-0.39, 0.29) is 14.1 Å². The maximum atomic E-state index is 12.1. The van der Waals surface area contributed by atoms with Crippen LogP contribution in [-0.4, -0.2) is 8.42 Å². The van der Waals surface area contributed by atoms with E-state index in [1.165, 1.54) is 24.3 Å². The Morgan fingerprint density at radius 3 is 2.06 bits per heavy atom. The average Bonchev–Trinajstić information content (AvgIpc) is 2.61. The molecule has 0 N–H and O–H groups in total. The zero-order valence-electron chi connectivity index (χ0n) is 8.01. The van der Waals surface area contributed by atoms with Gasteiger partial charge in [0.15, 0.2) is 4.21 Å². The molecule has 0 aliphatic heterocycles. The highest BCUT2D eigenvalue weighted by atomic mass is 35.5. The predicted molar refractivity (Wildman–Crippen MR) is 70.4 cm³/mol. The van der Waals surface area contributed by atoms with Gasteiger partial charge in [0.1, 0.15) is 5.02 Å². The molecule has 0 radical (unpaired) electrons. The van der Waals surface area contributed by atoms with Gasteiger partial charge in [0, 0.05) is 5.02 Å². The number of benzene rings is 1. The van der Waals surface area contributed by atoms with E-state index in [4.69, 9.17) is 23.2 Å². The molecule has 0 aliphatic carbocycles. The van der Waals surface area contributed by atoms with Crippen LogP contribution in [0.15, 0.2) is 38.2 Å². The van der Waals surface area contributed by atoms with Gasteiger partial charge in [0.2, 0.25) is 9.84 Å². The largest absolute Gasteiger partial charge is 0.275 e. The van der Waals surface area contributed by atoms with Crippen molar-refractivity contribution in [3.8, 4) is 0 Å². The number of hydrogen-bond acceptors (Lipinski definition) is 5. The second kappa shape index (κ2) is 4.70. The lowest BCUT2D eigenvalue weighted by Gasteiger charge is -2.01. The topological polar surface area (TPSA) is 51.2 Å². The molecule has 0 fully saturated rings. The molecule has 2 aromatic rings. The lowest BCUT2D eigenvalue weighted by molar-refractivity contribution is 0.598. The van der Waals surface area contributed by atoms with Crippen molar-refractivity contribution >= 4 is 53.7 Å². The highest BCUT2D eigenvalue weighted by Crippen LogP contribution is 2.32. The van der Waals surface area contributed by atoms with Gasteiger partial charge in [-0.05, 0) is 34.6 Å². The molecule has 0 amide bonds. The van der Waals surface area contributed by atoms with E-state index in [0.29, 0.717) is 5.02 Å². The molecule has 0 bridgehead atoms. The summed E-state index contributed by atoms with van der Waals surface area (Å²) in [5, 5.41) is 0.198. The minimum Gasteiger partial charge on any atom is -0.275 e. The fourth-order valence-corrected chi connectivity index (χ4v) is 6.42. The van der Waals surface area contributed by atoms with Gasteiger partial charge in [-0.25, -0.2) is 8.42 Å². The van der Waals surface area contributed by atoms with E-state index in [2.05, 4.69) is 0 Å². The Labute approximate surface area is 115 Å². The van der Waals surface area contributed by atoms with Crippen molar-refractivity contribution in [2.45, 2.75) is 9.10 Å². The normalized spacial score (nSPS) is 11.6. The standard InChI is InChI=1S/C9H4Cl2O3S3/c10-5-1-3-6(4-2-5)17(13,14)9-7(11)8(12)15-16-9/h1-4H. The Balaban J connectivity index is 2.62. The predicted octanol–water partition coefficient (Wildman–Crippen LogP) is 3.31. The van der Waals surface area contributed by atoms with E-state index in [0.717, 1.165) is 20.7 Å². The molecule has 0 aliphatic rings. The lowest BCUT2D eigenvalue weighted by Crippen LogP contribution is -2.02. The Kier molecular flexibility index (Phi) is 3.61. The van der Waals surface area contributed by atoms with Crippen LogP contribution >= 0.6 is 43.9 Å². The minimum atomic E-state index is -3.73. The molecular weight excluding hydrogens is 323 g/mol. The third kappa shape index (κ3) is 2.41. The van der Waals surface area contributed by atoms with Crippen LogP contribution in [0.2, 0.25) is 10.0 Å². The molecule has 0 unspecified atom stereocenters. The Morgan fingerprint density at radius 1 is 1.00 bits per heavy atom. The third-order valence-corrected chi connectivity index (χ3v) is 7.68. The van der Waals surface area contributed by atoms with Gasteiger partial charge in [0.05, 0.1) is 4.90 Å². The fourth-order valence-electron chi connectivity index (χ4n) is 1.12. The molecule has 1 heterocycles. The van der Waals surface area contributed by atoms with E-state index >= 15 is 0 Å². The van der Waals surface area contributed by atoms with Crippen molar-refractivity contribution in [1.82, 2.24) is 0 Å². The second-order valence-electron chi connectivity index (χ2n) is 3.01. The summed E-state index contributed by atoms with van der Waals surface area (Å²) < 4.78 is 23.7. The first-order valence-electron chi connectivity index (χ1n) is 4.22. The SMILES string of the molecule is O=c1ssc(S(=O)(=O)c2ccc(Cl)cc2)c1Cl. The van der Waals surface area contributed by atoms with Crippen molar-refractivity contribution in [1.29, 1.82) is 0 Å². The van der Waals surface area contributed by atoms with Crippen LogP contribution in [-0.2, 0) is 9.84 Å². The smallest absolute Gasteiger partial charge is 0.262 e. The summed E-state index contributed by atoms with van der Waals surface area (Å²) in [5.41, 5.74) is 0. The molecule has 1 aromatic carbocycles. The first-order valence-corrected chi connectivity index (χ1v) is 8.61. The van der Waals surface area contributed by atoms with Crippen molar-refractivity contribution in [2.24, 2.45) is 0 Å². The monoisotopic (exact) mass is 326 g/mol. The molecule has 17 heavy (non-hydrogen) atoms. The van der Waals surface area contributed by atoms with Crippen LogP contribution in [0.3, 0.4) is 0 Å². The summed E-state index contributed by atoms with van der Waals surface area (Å²) in [6.45, 7) is 0. The summed E-state index contributed by atoms with van der Waals surface area (Å²) in [7, 11) is -2.06. The molecule has 0 spiro atoms. The van der Waals surface area contributed by atoms with Gasteiger partial charge in [-0.15, -0.1) is 0 Å². The second-order valence-corrected chi connectivity index (χ2v) is 8.08. The van der Waals surface area contributed by atoms with Crippen LogP contribution in [0, 0.1) is 0 Å². The summed E-state index contributed by atoms with van der Waals surface area (Å²) in [5.74, 6) is 0. The number of hydrogen-bond donors (Lipinski definition) is 0. The maximum Gasteiger partial charge on any atom is 0.262 e. The molecule has 2 rings (SSSR count). The number of sulfone groups is 1.